The molecule has 1 saturated heterocycles. The molecule has 134 valence electrons. The first kappa shape index (κ1) is 16.4. The third kappa shape index (κ3) is 2.35. The first-order valence-corrected chi connectivity index (χ1v) is 9.50. The Kier molecular flexibility index (Phi) is 3.97. The van der Waals surface area contributed by atoms with Crippen molar-refractivity contribution in [2.75, 3.05) is 13.1 Å². The molecule has 5 heteroatoms. The van der Waals surface area contributed by atoms with E-state index in [9.17, 15) is 9.59 Å². The van der Waals surface area contributed by atoms with E-state index in [1.54, 1.807) is 4.90 Å². The SMILES string of the molecule is CCN(CC)C(=O)[C@H]1C(=O)N[C@]23CCCC[C@H]2[C@H]1c1ccccc1O3. The van der Waals surface area contributed by atoms with E-state index in [1.165, 1.54) is 0 Å². The van der Waals surface area contributed by atoms with Crippen molar-refractivity contribution in [3.8, 4) is 5.75 Å². The van der Waals surface area contributed by atoms with Gasteiger partial charge in [-0.25, -0.2) is 0 Å². The smallest absolute Gasteiger partial charge is 0.236 e. The quantitative estimate of drug-likeness (QED) is 0.859. The molecule has 25 heavy (non-hydrogen) atoms. The van der Waals surface area contributed by atoms with Crippen molar-refractivity contribution in [1.29, 1.82) is 0 Å². The number of nitrogens with zero attached hydrogens (tertiary/aromatic N) is 1. The van der Waals surface area contributed by atoms with Crippen molar-refractivity contribution in [2.45, 2.75) is 51.2 Å². The molecule has 2 aliphatic heterocycles. The molecule has 2 fully saturated rings. The average molecular weight is 342 g/mol. The number of hydrogen-bond donors (Lipinski definition) is 1. The zero-order valence-corrected chi connectivity index (χ0v) is 15.0. The highest BCUT2D eigenvalue weighted by molar-refractivity contribution is 6.02. The second-order valence-corrected chi connectivity index (χ2v) is 7.38. The fourth-order valence-electron chi connectivity index (χ4n) is 5.07. The highest BCUT2D eigenvalue weighted by Gasteiger charge is 2.60. The normalized spacial score (nSPS) is 32.7. The third-order valence-electron chi connectivity index (χ3n) is 6.23. The van der Waals surface area contributed by atoms with Crippen LogP contribution in [0.5, 0.6) is 5.75 Å². The molecule has 0 radical (unpaired) electrons. The Morgan fingerprint density at radius 1 is 1.28 bits per heavy atom. The molecule has 4 rings (SSSR count). The van der Waals surface area contributed by atoms with Crippen LogP contribution in [0.3, 0.4) is 0 Å². The summed E-state index contributed by atoms with van der Waals surface area (Å²) in [5.74, 6) is 0.0209. The number of ether oxygens (including phenoxy) is 1. The molecule has 0 aromatic heterocycles. The summed E-state index contributed by atoms with van der Waals surface area (Å²) in [4.78, 5) is 28.0. The Morgan fingerprint density at radius 2 is 2.04 bits per heavy atom. The molecule has 0 unspecified atom stereocenters. The maximum Gasteiger partial charge on any atom is 0.236 e. The number of carbonyl (C=O) groups excluding carboxylic acids is 2. The van der Waals surface area contributed by atoms with Gasteiger partial charge in [0.05, 0.1) is 0 Å². The van der Waals surface area contributed by atoms with Crippen LogP contribution in [0.1, 0.15) is 51.0 Å². The van der Waals surface area contributed by atoms with Gasteiger partial charge < -0.3 is 15.0 Å². The largest absolute Gasteiger partial charge is 0.467 e. The van der Waals surface area contributed by atoms with Gasteiger partial charge in [-0.2, -0.15) is 0 Å². The van der Waals surface area contributed by atoms with Crippen molar-refractivity contribution in [2.24, 2.45) is 11.8 Å². The number of fused-ring (bicyclic) bond motifs is 2. The molecule has 3 aliphatic rings. The number of benzene rings is 1. The molecule has 1 aromatic rings. The molecule has 1 aliphatic carbocycles. The van der Waals surface area contributed by atoms with Gasteiger partial charge >= 0.3 is 0 Å². The lowest BCUT2D eigenvalue weighted by molar-refractivity contribution is -0.165. The summed E-state index contributed by atoms with van der Waals surface area (Å²) in [5, 5.41) is 3.13. The lowest BCUT2D eigenvalue weighted by Crippen LogP contribution is -2.70. The Balaban J connectivity index is 1.83. The fraction of sp³-hybridized carbons (Fsp3) is 0.600. The maximum absolute atomic E-state index is 13.2. The van der Waals surface area contributed by atoms with E-state index >= 15 is 0 Å². The number of carbonyl (C=O) groups is 2. The monoisotopic (exact) mass is 342 g/mol. The minimum Gasteiger partial charge on any atom is -0.467 e. The van der Waals surface area contributed by atoms with E-state index in [1.807, 2.05) is 38.1 Å². The summed E-state index contributed by atoms with van der Waals surface area (Å²) in [6.07, 6.45) is 3.97. The molecular weight excluding hydrogens is 316 g/mol. The van der Waals surface area contributed by atoms with Crippen LogP contribution in [-0.4, -0.2) is 35.5 Å². The van der Waals surface area contributed by atoms with Crippen LogP contribution < -0.4 is 10.1 Å². The zero-order valence-electron chi connectivity index (χ0n) is 15.0. The number of para-hydroxylation sites is 1. The van der Waals surface area contributed by atoms with Gasteiger partial charge in [-0.3, -0.25) is 9.59 Å². The highest BCUT2D eigenvalue weighted by Crippen LogP contribution is 2.55. The summed E-state index contributed by atoms with van der Waals surface area (Å²) in [6.45, 7) is 5.18. The second-order valence-electron chi connectivity index (χ2n) is 7.38. The minimum absolute atomic E-state index is 0.0524. The molecule has 5 nitrogen and oxygen atoms in total. The van der Waals surface area contributed by atoms with Crippen LogP contribution in [0.4, 0.5) is 0 Å². The van der Waals surface area contributed by atoms with Crippen LogP contribution in [-0.2, 0) is 9.59 Å². The van der Waals surface area contributed by atoms with Crippen molar-refractivity contribution in [3.63, 3.8) is 0 Å². The Labute approximate surface area is 148 Å². The number of nitrogens with one attached hydrogen (secondary N) is 1. The summed E-state index contributed by atoms with van der Waals surface area (Å²) >= 11 is 0. The first-order chi connectivity index (χ1) is 12.1. The van der Waals surface area contributed by atoms with Crippen molar-refractivity contribution in [1.82, 2.24) is 10.2 Å². The van der Waals surface area contributed by atoms with Gasteiger partial charge in [0, 0.05) is 31.3 Å². The van der Waals surface area contributed by atoms with Gasteiger partial charge in [0.2, 0.25) is 11.8 Å². The molecule has 4 atom stereocenters. The Bertz CT molecular complexity index is 700. The van der Waals surface area contributed by atoms with Crippen molar-refractivity contribution < 1.29 is 14.3 Å². The molecule has 1 aromatic carbocycles. The van der Waals surface area contributed by atoms with Crippen LogP contribution in [0.2, 0.25) is 0 Å². The zero-order chi connectivity index (χ0) is 17.6. The summed E-state index contributed by atoms with van der Waals surface area (Å²) in [7, 11) is 0. The highest BCUT2D eigenvalue weighted by atomic mass is 16.5. The van der Waals surface area contributed by atoms with Gasteiger partial charge in [0.1, 0.15) is 11.7 Å². The Hall–Kier alpha value is -2.04. The molecule has 2 amide bonds. The molecule has 2 heterocycles. The van der Waals surface area contributed by atoms with Crippen molar-refractivity contribution in [3.05, 3.63) is 29.8 Å². The lowest BCUT2D eigenvalue weighted by atomic mass is 9.62. The van der Waals surface area contributed by atoms with E-state index in [0.717, 1.165) is 37.0 Å². The molecule has 1 N–H and O–H groups in total. The second kappa shape index (κ2) is 6.04. The number of hydrogen-bond acceptors (Lipinski definition) is 3. The molecular formula is C20H26N2O3. The molecule has 0 spiro atoms. The van der Waals surface area contributed by atoms with Crippen LogP contribution in [0.15, 0.2) is 24.3 Å². The van der Waals surface area contributed by atoms with Crippen molar-refractivity contribution >= 4 is 11.8 Å². The fourth-order valence-corrected chi connectivity index (χ4v) is 5.07. The van der Waals surface area contributed by atoms with E-state index in [2.05, 4.69) is 5.32 Å². The topological polar surface area (TPSA) is 58.6 Å². The van der Waals surface area contributed by atoms with E-state index in [-0.39, 0.29) is 23.7 Å². The van der Waals surface area contributed by atoms with Gasteiger partial charge in [0.25, 0.3) is 0 Å². The average Bonchev–Trinajstić information content (AvgIpc) is 2.61. The van der Waals surface area contributed by atoms with Gasteiger partial charge in [0.15, 0.2) is 5.72 Å². The first-order valence-electron chi connectivity index (χ1n) is 9.50. The number of amides is 2. The van der Waals surface area contributed by atoms with Crippen LogP contribution in [0, 0.1) is 11.8 Å². The standard InChI is InChI=1S/C20H26N2O3/c1-3-22(4-2)19(24)17-16-13-9-5-6-11-15(13)25-20(21-18(17)23)12-8-7-10-14(16)20/h5-6,9,11,14,16-17H,3-4,7-8,10,12H2,1-2H3,(H,21,23)/t14-,16+,17+,20-/m0/s1. The third-order valence-corrected chi connectivity index (χ3v) is 6.23. The summed E-state index contributed by atoms with van der Waals surface area (Å²) in [6, 6.07) is 7.92. The van der Waals surface area contributed by atoms with Gasteiger partial charge in [-0.05, 0) is 38.3 Å². The molecule has 1 saturated carbocycles. The maximum atomic E-state index is 13.2. The lowest BCUT2D eigenvalue weighted by Gasteiger charge is -2.56. The van der Waals surface area contributed by atoms with E-state index in [4.69, 9.17) is 4.74 Å². The number of piperidine rings is 1. The summed E-state index contributed by atoms with van der Waals surface area (Å²) < 4.78 is 6.35. The molecule has 2 bridgehead atoms. The number of rotatable bonds is 3. The van der Waals surface area contributed by atoms with Crippen LogP contribution >= 0.6 is 0 Å². The van der Waals surface area contributed by atoms with Crippen LogP contribution in [0.25, 0.3) is 0 Å². The summed E-state index contributed by atoms with van der Waals surface area (Å²) in [5.41, 5.74) is 0.388. The van der Waals surface area contributed by atoms with E-state index in [0.29, 0.717) is 13.1 Å². The van der Waals surface area contributed by atoms with Gasteiger partial charge in [-0.1, -0.05) is 24.6 Å². The Morgan fingerprint density at radius 3 is 2.80 bits per heavy atom. The predicted octanol–water partition coefficient (Wildman–Crippen LogP) is 2.66. The minimum atomic E-state index is -0.652. The predicted molar refractivity (Wildman–Crippen MR) is 94.1 cm³/mol. The van der Waals surface area contributed by atoms with E-state index < -0.39 is 11.6 Å². The van der Waals surface area contributed by atoms with Gasteiger partial charge in [-0.15, -0.1) is 0 Å².